The van der Waals surface area contributed by atoms with Crippen molar-refractivity contribution < 1.29 is 9.21 Å². The number of amides is 1. The molecule has 17 heavy (non-hydrogen) atoms. The predicted molar refractivity (Wildman–Crippen MR) is 69.8 cm³/mol. The fourth-order valence-electron chi connectivity index (χ4n) is 1.95. The summed E-state index contributed by atoms with van der Waals surface area (Å²) in [5, 5.41) is 0. The van der Waals surface area contributed by atoms with E-state index in [1.165, 1.54) is 0 Å². The first kappa shape index (κ1) is 14.1. The minimum atomic E-state index is 0.0272. The first-order valence-corrected chi connectivity index (χ1v) is 6.48. The zero-order chi connectivity index (χ0) is 13.0. The fraction of sp³-hybridized carbons (Fsp3) is 0.615. The SMILES string of the molecule is CCCN(CCCl)C(=O)c1c(C)oc(C)c1C. The lowest BCUT2D eigenvalue weighted by Crippen LogP contribution is -2.34. The number of hydrogen-bond donors (Lipinski definition) is 0. The molecule has 0 aliphatic rings. The number of nitrogens with zero attached hydrogens (tertiary/aromatic N) is 1. The van der Waals surface area contributed by atoms with E-state index in [1.54, 1.807) is 4.90 Å². The molecule has 1 heterocycles. The molecule has 1 amide bonds. The average Bonchev–Trinajstić information content (AvgIpc) is 2.52. The molecule has 0 aliphatic carbocycles. The molecule has 0 fully saturated rings. The van der Waals surface area contributed by atoms with Crippen LogP contribution in [0.4, 0.5) is 0 Å². The molecular weight excluding hydrogens is 238 g/mol. The number of rotatable bonds is 5. The summed E-state index contributed by atoms with van der Waals surface area (Å²) in [5.41, 5.74) is 1.63. The van der Waals surface area contributed by atoms with Gasteiger partial charge in [0, 0.05) is 24.5 Å². The zero-order valence-corrected chi connectivity index (χ0v) is 11.7. The van der Waals surface area contributed by atoms with Crippen molar-refractivity contribution in [2.75, 3.05) is 19.0 Å². The molecule has 0 saturated heterocycles. The maximum atomic E-state index is 12.4. The highest BCUT2D eigenvalue weighted by atomic mass is 35.5. The van der Waals surface area contributed by atoms with Gasteiger partial charge in [0.25, 0.3) is 5.91 Å². The first-order chi connectivity index (χ1) is 8.02. The molecular formula is C13H20ClNO2. The van der Waals surface area contributed by atoms with Gasteiger partial charge in [-0.1, -0.05) is 6.92 Å². The highest BCUT2D eigenvalue weighted by Crippen LogP contribution is 2.22. The van der Waals surface area contributed by atoms with Gasteiger partial charge in [0.05, 0.1) is 5.56 Å². The van der Waals surface area contributed by atoms with E-state index in [1.807, 2.05) is 20.8 Å². The maximum Gasteiger partial charge on any atom is 0.257 e. The van der Waals surface area contributed by atoms with E-state index in [-0.39, 0.29) is 5.91 Å². The van der Waals surface area contributed by atoms with Gasteiger partial charge in [0.15, 0.2) is 0 Å². The average molecular weight is 258 g/mol. The van der Waals surface area contributed by atoms with Crippen LogP contribution in [0.1, 0.15) is 40.8 Å². The van der Waals surface area contributed by atoms with Crippen LogP contribution in [-0.2, 0) is 0 Å². The van der Waals surface area contributed by atoms with Crippen LogP contribution in [0, 0.1) is 20.8 Å². The van der Waals surface area contributed by atoms with Crippen molar-refractivity contribution in [3.8, 4) is 0 Å². The molecule has 0 aromatic carbocycles. The van der Waals surface area contributed by atoms with Crippen molar-refractivity contribution in [3.63, 3.8) is 0 Å². The van der Waals surface area contributed by atoms with Crippen LogP contribution in [0.5, 0.6) is 0 Å². The largest absolute Gasteiger partial charge is 0.466 e. The Hall–Kier alpha value is -0.960. The second kappa shape index (κ2) is 6.10. The van der Waals surface area contributed by atoms with Crippen LogP contribution in [0.15, 0.2) is 4.42 Å². The third kappa shape index (κ3) is 3.03. The highest BCUT2D eigenvalue weighted by Gasteiger charge is 2.22. The van der Waals surface area contributed by atoms with Gasteiger partial charge < -0.3 is 9.32 Å². The van der Waals surface area contributed by atoms with Crippen molar-refractivity contribution in [2.24, 2.45) is 0 Å². The van der Waals surface area contributed by atoms with E-state index in [2.05, 4.69) is 6.92 Å². The summed E-state index contributed by atoms with van der Waals surface area (Å²) >= 11 is 5.73. The first-order valence-electron chi connectivity index (χ1n) is 5.94. The summed E-state index contributed by atoms with van der Waals surface area (Å²) in [4.78, 5) is 14.2. The number of hydrogen-bond acceptors (Lipinski definition) is 2. The van der Waals surface area contributed by atoms with Gasteiger partial charge >= 0.3 is 0 Å². The van der Waals surface area contributed by atoms with E-state index in [4.69, 9.17) is 16.0 Å². The molecule has 0 radical (unpaired) electrons. The Bertz CT molecular complexity index is 392. The number of halogens is 1. The normalized spacial score (nSPS) is 10.6. The second-order valence-electron chi connectivity index (χ2n) is 4.20. The summed E-state index contributed by atoms with van der Waals surface area (Å²) in [5.74, 6) is 1.99. The molecule has 4 heteroatoms. The van der Waals surface area contributed by atoms with Crippen LogP contribution < -0.4 is 0 Å². The molecule has 0 spiro atoms. The van der Waals surface area contributed by atoms with E-state index in [0.717, 1.165) is 24.3 Å². The van der Waals surface area contributed by atoms with Crippen LogP contribution in [0.25, 0.3) is 0 Å². The quantitative estimate of drug-likeness (QED) is 0.759. The smallest absolute Gasteiger partial charge is 0.257 e. The lowest BCUT2D eigenvalue weighted by atomic mass is 10.1. The summed E-state index contributed by atoms with van der Waals surface area (Å²) in [6.07, 6.45) is 0.928. The van der Waals surface area contributed by atoms with Crippen LogP contribution in [-0.4, -0.2) is 29.8 Å². The molecule has 0 bridgehead atoms. The van der Waals surface area contributed by atoms with Crippen LogP contribution >= 0.6 is 11.6 Å². The highest BCUT2D eigenvalue weighted by molar-refractivity contribution is 6.18. The van der Waals surface area contributed by atoms with E-state index >= 15 is 0 Å². The van der Waals surface area contributed by atoms with Crippen molar-refractivity contribution in [1.29, 1.82) is 0 Å². The lowest BCUT2D eigenvalue weighted by molar-refractivity contribution is 0.0763. The van der Waals surface area contributed by atoms with Crippen molar-refractivity contribution in [2.45, 2.75) is 34.1 Å². The second-order valence-corrected chi connectivity index (χ2v) is 4.57. The minimum absolute atomic E-state index is 0.0272. The van der Waals surface area contributed by atoms with Gasteiger partial charge in [-0.25, -0.2) is 0 Å². The number of carbonyl (C=O) groups is 1. The predicted octanol–water partition coefficient (Wildman–Crippen LogP) is 3.30. The Morgan fingerprint density at radius 3 is 2.29 bits per heavy atom. The van der Waals surface area contributed by atoms with Gasteiger partial charge in [0.2, 0.25) is 0 Å². The molecule has 0 atom stereocenters. The van der Waals surface area contributed by atoms with E-state index in [0.29, 0.717) is 23.7 Å². The Kier molecular flexibility index (Phi) is 5.06. The van der Waals surface area contributed by atoms with Gasteiger partial charge in [-0.15, -0.1) is 11.6 Å². The number of carbonyl (C=O) groups excluding carboxylic acids is 1. The van der Waals surface area contributed by atoms with Crippen LogP contribution in [0.3, 0.4) is 0 Å². The number of aryl methyl sites for hydroxylation is 2. The lowest BCUT2D eigenvalue weighted by Gasteiger charge is -2.21. The third-order valence-electron chi connectivity index (χ3n) is 2.91. The van der Waals surface area contributed by atoms with Crippen molar-refractivity contribution in [3.05, 3.63) is 22.6 Å². The molecule has 0 aliphatic heterocycles. The monoisotopic (exact) mass is 257 g/mol. The molecule has 3 nitrogen and oxygen atoms in total. The minimum Gasteiger partial charge on any atom is -0.466 e. The molecule has 0 N–H and O–H groups in total. The van der Waals surface area contributed by atoms with Crippen molar-refractivity contribution in [1.82, 2.24) is 4.90 Å². The summed E-state index contributed by atoms with van der Waals surface area (Å²) in [7, 11) is 0. The van der Waals surface area contributed by atoms with Gasteiger partial charge in [-0.2, -0.15) is 0 Å². The Morgan fingerprint density at radius 1 is 1.24 bits per heavy atom. The Labute approximate surface area is 108 Å². The summed E-state index contributed by atoms with van der Waals surface area (Å²) < 4.78 is 5.49. The van der Waals surface area contributed by atoms with Gasteiger partial charge in [0.1, 0.15) is 11.5 Å². The molecule has 0 unspecified atom stereocenters. The summed E-state index contributed by atoms with van der Waals surface area (Å²) in [6, 6.07) is 0. The summed E-state index contributed by atoms with van der Waals surface area (Å²) in [6.45, 7) is 8.99. The van der Waals surface area contributed by atoms with E-state index in [9.17, 15) is 4.79 Å². The van der Waals surface area contributed by atoms with E-state index < -0.39 is 0 Å². The molecule has 0 saturated carbocycles. The maximum absolute atomic E-state index is 12.4. The topological polar surface area (TPSA) is 33.5 Å². The molecule has 1 aromatic rings. The Balaban J connectivity index is 3.00. The van der Waals surface area contributed by atoms with Crippen molar-refractivity contribution >= 4 is 17.5 Å². The molecule has 1 aromatic heterocycles. The standard InChI is InChI=1S/C13H20ClNO2/c1-5-7-15(8-6-14)13(16)12-9(2)10(3)17-11(12)4/h5-8H2,1-4H3. The Morgan fingerprint density at radius 2 is 1.88 bits per heavy atom. The van der Waals surface area contributed by atoms with Crippen LogP contribution in [0.2, 0.25) is 0 Å². The zero-order valence-electron chi connectivity index (χ0n) is 11.0. The molecule has 96 valence electrons. The van der Waals surface area contributed by atoms with Gasteiger partial charge in [-0.3, -0.25) is 4.79 Å². The fourth-order valence-corrected chi connectivity index (χ4v) is 2.16. The number of alkyl halides is 1. The number of furan rings is 1. The third-order valence-corrected chi connectivity index (χ3v) is 3.08. The molecule has 1 rings (SSSR count). The van der Waals surface area contributed by atoms with Gasteiger partial charge in [-0.05, 0) is 27.2 Å².